The quantitative estimate of drug-likeness (QED) is 0.434. The second kappa shape index (κ2) is 8.64. The number of benzene rings is 2. The van der Waals surface area contributed by atoms with Crippen LogP contribution in [0.5, 0.6) is 0 Å². The van der Waals surface area contributed by atoms with E-state index in [0.717, 1.165) is 72.7 Å². The fourth-order valence-corrected chi connectivity index (χ4v) is 4.19. The molecule has 3 N–H and O–H groups in total. The second-order valence-corrected chi connectivity index (χ2v) is 8.37. The number of hydrogen-bond acceptors (Lipinski definition) is 6. The average Bonchev–Trinajstić information content (AvgIpc) is 3.22. The molecule has 0 spiro atoms. The van der Waals surface area contributed by atoms with Gasteiger partial charge in [0.1, 0.15) is 11.4 Å². The Morgan fingerprint density at radius 3 is 2.72 bits per heavy atom. The number of para-hydroxylation sites is 1. The summed E-state index contributed by atoms with van der Waals surface area (Å²) in [6, 6.07) is 14.0. The van der Waals surface area contributed by atoms with Crippen molar-refractivity contribution in [2.45, 2.75) is 0 Å². The summed E-state index contributed by atoms with van der Waals surface area (Å²) in [5.41, 5.74) is 4.86. The summed E-state index contributed by atoms with van der Waals surface area (Å²) >= 11 is 0. The topological polar surface area (TPSA) is 89.3 Å². The van der Waals surface area contributed by atoms with Crippen LogP contribution in [0.4, 0.5) is 11.4 Å². The maximum absolute atomic E-state index is 13.2. The van der Waals surface area contributed by atoms with Crippen LogP contribution in [0, 0.1) is 0 Å². The summed E-state index contributed by atoms with van der Waals surface area (Å²) < 4.78 is 5.47. The Morgan fingerprint density at radius 2 is 1.91 bits per heavy atom. The highest BCUT2D eigenvalue weighted by Crippen LogP contribution is 2.31. The smallest absolute Gasteiger partial charge is 0.261 e. The van der Waals surface area contributed by atoms with Crippen molar-refractivity contribution in [3.05, 3.63) is 52.8 Å². The van der Waals surface area contributed by atoms with Gasteiger partial charge in [-0.2, -0.15) is 0 Å². The minimum Gasteiger partial charge on any atom is -0.382 e. The average molecular weight is 433 g/mol. The third-order valence-electron chi connectivity index (χ3n) is 5.86. The lowest BCUT2D eigenvalue weighted by Gasteiger charge is -2.28. The molecule has 8 heteroatoms. The van der Waals surface area contributed by atoms with Crippen molar-refractivity contribution in [1.29, 1.82) is 0 Å². The number of nitrogens with zero attached hydrogens (tertiary/aromatic N) is 3. The molecule has 0 radical (unpaired) electrons. The zero-order chi connectivity index (χ0) is 22.1. The largest absolute Gasteiger partial charge is 0.382 e. The van der Waals surface area contributed by atoms with Crippen LogP contribution in [-0.4, -0.2) is 73.3 Å². The van der Waals surface area contributed by atoms with Gasteiger partial charge < -0.3 is 29.8 Å². The number of pyridine rings is 1. The van der Waals surface area contributed by atoms with Gasteiger partial charge in [-0.25, -0.2) is 4.98 Å². The highest BCUT2D eigenvalue weighted by molar-refractivity contribution is 5.99. The van der Waals surface area contributed by atoms with E-state index >= 15 is 0 Å². The van der Waals surface area contributed by atoms with Crippen molar-refractivity contribution in [2.24, 2.45) is 0 Å². The number of imidazole rings is 1. The van der Waals surface area contributed by atoms with Gasteiger partial charge in [0.05, 0.1) is 35.5 Å². The maximum atomic E-state index is 13.2. The van der Waals surface area contributed by atoms with Crippen molar-refractivity contribution in [3.63, 3.8) is 0 Å². The Hall–Kier alpha value is -3.36. The zero-order valence-corrected chi connectivity index (χ0v) is 18.4. The van der Waals surface area contributed by atoms with Crippen LogP contribution in [0.3, 0.4) is 0 Å². The molecule has 2 aromatic heterocycles. The molecule has 5 rings (SSSR count). The maximum Gasteiger partial charge on any atom is 0.261 e. The number of nitrogens with one attached hydrogen (secondary N) is 3. The number of aromatic amines is 2. The number of aromatic nitrogens is 3. The highest BCUT2D eigenvalue weighted by Gasteiger charge is 2.19. The number of hydrogen-bond donors (Lipinski definition) is 3. The van der Waals surface area contributed by atoms with Crippen molar-refractivity contribution < 1.29 is 4.74 Å². The lowest BCUT2D eigenvalue weighted by atomic mass is 10.1. The number of rotatable bonds is 6. The molecule has 166 valence electrons. The van der Waals surface area contributed by atoms with Gasteiger partial charge in [0.15, 0.2) is 0 Å². The Morgan fingerprint density at radius 1 is 1.09 bits per heavy atom. The van der Waals surface area contributed by atoms with Crippen molar-refractivity contribution in [3.8, 4) is 11.4 Å². The fraction of sp³-hybridized carbons (Fsp3) is 0.333. The first-order valence-electron chi connectivity index (χ1n) is 11.0. The molecule has 1 fully saturated rings. The lowest BCUT2D eigenvalue weighted by Crippen LogP contribution is -2.36. The van der Waals surface area contributed by atoms with Crippen molar-refractivity contribution in [1.82, 2.24) is 19.9 Å². The van der Waals surface area contributed by atoms with Crippen LogP contribution in [0.25, 0.3) is 33.3 Å². The van der Waals surface area contributed by atoms with Gasteiger partial charge in [0.2, 0.25) is 0 Å². The molecule has 1 aliphatic rings. The van der Waals surface area contributed by atoms with Crippen molar-refractivity contribution >= 4 is 33.3 Å². The Balaban J connectivity index is 1.59. The first kappa shape index (κ1) is 20.5. The molecule has 0 aliphatic carbocycles. The molecular weight excluding hydrogens is 404 g/mol. The number of anilines is 2. The summed E-state index contributed by atoms with van der Waals surface area (Å²) in [5, 5.41) is 4.46. The van der Waals surface area contributed by atoms with E-state index in [2.05, 4.69) is 37.2 Å². The van der Waals surface area contributed by atoms with Crippen LogP contribution >= 0.6 is 0 Å². The molecule has 32 heavy (non-hydrogen) atoms. The first-order chi connectivity index (χ1) is 15.6. The van der Waals surface area contributed by atoms with Crippen LogP contribution in [0.15, 0.2) is 47.3 Å². The number of morpholine rings is 1. The molecule has 3 heterocycles. The van der Waals surface area contributed by atoms with Crippen LogP contribution in [0.2, 0.25) is 0 Å². The molecule has 0 atom stereocenters. The molecule has 0 amide bonds. The molecule has 8 nitrogen and oxygen atoms in total. The Labute approximate surface area is 186 Å². The lowest BCUT2D eigenvalue weighted by molar-refractivity contribution is 0.122. The molecule has 0 unspecified atom stereocenters. The predicted octanol–water partition coefficient (Wildman–Crippen LogP) is 2.88. The summed E-state index contributed by atoms with van der Waals surface area (Å²) in [7, 11) is 4.06. The SMILES string of the molecule is CN(C)CCNc1c(-c2nc3ccc(N4CCOCC4)cc3[nH]2)c(=O)[nH]c2ccccc12. The molecule has 1 saturated heterocycles. The van der Waals surface area contributed by atoms with Gasteiger partial charge in [0, 0.05) is 37.3 Å². The minimum atomic E-state index is -0.163. The third-order valence-corrected chi connectivity index (χ3v) is 5.86. The van der Waals surface area contributed by atoms with Gasteiger partial charge in [-0.3, -0.25) is 4.79 Å². The Kier molecular flexibility index (Phi) is 5.55. The summed E-state index contributed by atoms with van der Waals surface area (Å²) in [6.07, 6.45) is 0. The van der Waals surface area contributed by atoms with E-state index in [1.54, 1.807) is 0 Å². The number of ether oxygens (including phenoxy) is 1. The molecule has 2 aromatic carbocycles. The normalized spacial score (nSPS) is 14.5. The van der Waals surface area contributed by atoms with E-state index in [4.69, 9.17) is 9.72 Å². The van der Waals surface area contributed by atoms with E-state index in [1.807, 2.05) is 44.4 Å². The number of fused-ring (bicyclic) bond motifs is 2. The van der Waals surface area contributed by atoms with Gasteiger partial charge in [0.25, 0.3) is 5.56 Å². The molecular formula is C24H28N6O2. The standard InChI is InChI=1S/C24H28N6O2/c1-29(2)10-9-25-22-17-5-3-4-6-18(17)28-24(31)21(22)23-26-19-8-7-16(15-20(19)27-23)30-11-13-32-14-12-30/h3-8,15H,9-14H2,1-2H3,(H,26,27)(H2,25,28,31). The van der Waals surface area contributed by atoms with E-state index < -0.39 is 0 Å². The van der Waals surface area contributed by atoms with Crippen molar-refractivity contribution in [2.75, 3.05) is 63.7 Å². The molecule has 0 bridgehead atoms. The predicted molar refractivity (Wildman–Crippen MR) is 130 cm³/mol. The summed E-state index contributed by atoms with van der Waals surface area (Å²) in [6.45, 7) is 4.79. The third kappa shape index (κ3) is 3.94. The van der Waals surface area contributed by atoms with Gasteiger partial charge in [-0.05, 0) is 38.4 Å². The molecule has 4 aromatic rings. The zero-order valence-electron chi connectivity index (χ0n) is 18.4. The fourth-order valence-electron chi connectivity index (χ4n) is 4.19. The van der Waals surface area contributed by atoms with E-state index in [9.17, 15) is 4.79 Å². The highest BCUT2D eigenvalue weighted by atomic mass is 16.5. The van der Waals surface area contributed by atoms with Gasteiger partial charge >= 0.3 is 0 Å². The Bertz CT molecular complexity index is 1300. The monoisotopic (exact) mass is 432 g/mol. The summed E-state index contributed by atoms with van der Waals surface area (Å²) in [4.78, 5) is 28.8. The molecule has 0 saturated carbocycles. The van der Waals surface area contributed by atoms with Crippen LogP contribution in [0.1, 0.15) is 0 Å². The van der Waals surface area contributed by atoms with Crippen LogP contribution in [-0.2, 0) is 4.74 Å². The first-order valence-corrected chi connectivity index (χ1v) is 11.0. The molecule has 1 aliphatic heterocycles. The van der Waals surface area contributed by atoms with E-state index in [1.165, 1.54) is 0 Å². The number of likely N-dealkylation sites (N-methyl/N-ethyl adjacent to an activating group) is 1. The minimum absolute atomic E-state index is 0.163. The van der Waals surface area contributed by atoms with E-state index in [-0.39, 0.29) is 5.56 Å². The van der Waals surface area contributed by atoms with Gasteiger partial charge in [-0.1, -0.05) is 18.2 Å². The van der Waals surface area contributed by atoms with Crippen LogP contribution < -0.4 is 15.8 Å². The number of H-pyrrole nitrogens is 2. The summed E-state index contributed by atoms with van der Waals surface area (Å²) in [5.74, 6) is 0.568. The van der Waals surface area contributed by atoms with E-state index in [0.29, 0.717) is 11.4 Å². The second-order valence-electron chi connectivity index (χ2n) is 8.37. The van der Waals surface area contributed by atoms with Gasteiger partial charge in [-0.15, -0.1) is 0 Å².